The molecule has 0 bridgehead atoms. The average Bonchev–Trinajstić information content (AvgIpc) is 3.17. The second-order valence-electron chi connectivity index (χ2n) is 6.62. The van der Waals surface area contributed by atoms with Crippen LogP contribution in [0.3, 0.4) is 0 Å². The molecule has 12 heteroatoms. The normalized spacial score (nSPS) is 15.9. The molecule has 1 aliphatic rings. The van der Waals surface area contributed by atoms with E-state index in [4.69, 9.17) is 10.3 Å². The fraction of sp³-hybridized carbons (Fsp3) is 0.222. The van der Waals surface area contributed by atoms with Crippen molar-refractivity contribution in [2.24, 2.45) is 0 Å². The minimum Gasteiger partial charge on any atom is -0.361 e. The highest BCUT2D eigenvalue weighted by atomic mass is 32.2. The maximum atomic E-state index is 13.1. The number of hydrogen-bond acceptors (Lipinski definition) is 8. The molecular formula is C18H20N5O5S2+. The molecule has 0 unspecified atom stereocenters. The second kappa shape index (κ2) is 7.70. The molecule has 0 radical (unpaired) electrons. The van der Waals surface area contributed by atoms with Crippen LogP contribution in [0.5, 0.6) is 0 Å². The van der Waals surface area contributed by atoms with Crippen molar-refractivity contribution in [1.82, 2.24) is 9.58 Å². The van der Waals surface area contributed by atoms with E-state index >= 15 is 0 Å². The number of piperazine rings is 1. The van der Waals surface area contributed by atoms with Gasteiger partial charge in [0.1, 0.15) is 0 Å². The molecule has 1 aliphatic heterocycles. The molecule has 0 amide bonds. The maximum Gasteiger partial charge on any atom is 0.425 e. The summed E-state index contributed by atoms with van der Waals surface area (Å²) in [6.45, 7) is 0.726. The van der Waals surface area contributed by atoms with E-state index < -0.39 is 19.9 Å². The van der Waals surface area contributed by atoms with Crippen molar-refractivity contribution < 1.29 is 26.1 Å². The molecule has 3 aromatic rings. The third-order valence-corrected chi connectivity index (χ3v) is 8.46. The summed E-state index contributed by atoms with van der Waals surface area (Å²) < 4.78 is 58.0. The number of nitrogen functional groups attached to an aromatic ring is 1. The lowest BCUT2D eigenvalue weighted by molar-refractivity contribution is -0.790. The van der Waals surface area contributed by atoms with Crippen LogP contribution in [-0.4, -0.2) is 52.6 Å². The molecule has 0 aliphatic carbocycles. The predicted molar refractivity (Wildman–Crippen MR) is 106 cm³/mol. The van der Waals surface area contributed by atoms with Crippen LogP contribution in [0.2, 0.25) is 0 Å². The van der Waals surface area contributed by atoms with E-state index in [1.165, 1.54) is 16.4 Å². The number of sulfonamides is 1. The minimum atomic E-state index is -3.98. The second-order valence-corrected chi connectivity index (χ2v) is 10.4. The quantitative estimate of drug-likeness (QED) is 0.538. The Labute approximate surface area is 174 Å². The van der Waals surface area contributed by atoms with Gasteiger partial charge >= 0.3 is 10.9 Å². The minimum absolute atomic E-state index is 0.0546. The van der Waals surface area contributed by atoms with E-state index in [-0.39, 0.29) is 46.9 Å². The van der Waals surface area contributed by atoms with Crippen LogP contribution in [0, 0.1) is 0 Å². The van der Waals surface area contributed by atoms with Crippen LogP contribution in [0.4, 0.5) is 5.88 Å². The molecule has 0 atom stereocenters. The van der Waals surface area contributed by atoms with Crippen molar-refractivity contribution in [3.63, 3.8) is 0 Å². The summed E-state index contributed by atoms with van der Waals surface area (Å²) in [4.78, 5) is 1.37. The predicted octanol–water partition coefficient (Wildman–Crippen LogP) is 0.0196. The third kappa shape index (κ3) is 3.53. The monoisotopic (exact) mass is 450 g/mol. The van der Waals surface area contributed by atoms with Crippen molar-refractivity contribution in [2.75, 3.05) is 36.9 Å². The fourth-order valence-electron chi connectivity index (χ4n) is 3.24. The van der Waals surface area contributed by atoms with Crippen LogP contribution < -0.4 is 15.5 Å². The largest absolute Gasteiger partial charge is 0.425 e. The molecule has 0 saturated carbocycles. The molecule has 4 rings (SSSR count). The number of nitrogens with zero attached hydrogens (tertiary/aromatic N) is 4. The van der Waals surface area contributed by atoms with Crippen molar-refractivity contribution in [1.29, 1.82) is 0 Å². The van der Waals surface area contributed by atoms with E-state index in [0.29, 0.717) is 0 Å². The Morgan fingerprint density at radius 2 is 1.37 bits per heavy atom. The Morgan fingerprint density at radius 1 is 0.833 bits per heavy atom. The summed E-state index contributed by atoms with van der Waals surface area (Å²) in [7, 11) is -7.62. The van der Waals surface area contributed by atoms with Gasteiger partial charge in [0.2, 0.25) is 15.3 Å². The summed E-state index contributed by atoms with van der Waals surface area (Å²) in [5.41, 5.74) is 5.78. The summed E-state index contributed by atoms with van der Waals surface area (Å²) in [6, 6.07) is 16.0. The Hall–Kier alpha value is -2.96. The molecule has 30 heavy (non-hydrogen) atoms. The van der Waals surface area contributed by atoms with Gasteiger partial charge in [0.05, 0.1) is 27.7 Å². The van der Waals surface area contributed by atoms with Gasteiger partial charge in [-0.1, -0.05) is 36.4 Å². The van der Waals surface area contributed by atoms with Crippen molar-refractivity contribution >= 4 is 25.7 Å². The third-order valence-electron chi connectivity index (χ3n) is 4.78. The van der Waals surface area contributed by atoms with Gasteiger partial charge in [0, 0.05) is 13.1 Å². The zero-order chi connectivity index (χ0) is 21.4. The number of nitrogens with two attached hydrogens (primary N) is 1. The van der Waals surface area contributed by atoms with Gasteiger partial charge in [-0.2, -0.15) is 4.31 Å². The molecule has 1 saturated heterocycles. The highest BCUT2D eigenvalue weighted by Gasteiger charge is 2.42. The van der Waals surface area contributed by atoms with E-state index in [2.05, 4.69) is 5.27 Å². The number of hydrogen-bond donors (Lipinski definition) is 1. The zero-order valence-corrected chi connectivity index (χ0v) is 17.5. The van der Waals surface area contributed by atoms with Gasteiger partial charge in [-0.25, -0.2) is 16.8 Å². The number of anilines is 1. The Morgan fingerprint density at radius 3 is 1.93 bits per heavy atom. The summed E-state index contributed by atoms with van der Waals surface area (Å²) in [5.74, 6) is -0.335. The van der Waals surface area contributed by atoms with Crippen LogP contribution >= 0.6 is 0 Å². The lowest BCUT2D eigenvalue weighted by Crippen LogP contribution is -2.67. The van der Waals surface area contributed by atoms with Gasteiger partial charge in [0.15, 0.2) is 0 Å². The van der Waals surface area contributed by atoms with Crippen molar-refractivity contribution in [2.45, 2.75) is 14.8 Å². The highest BCUT2D eigenvalue weighted by molar-refractivity contribution is 7.91. The summed E-state index contributed by atoms with van der Waals surface area (Å²) in [5, 5.41) is 5.08. The maximum absolute atomic E-state index is 13.1. The molecule has 1 aromatic heterocycles. The van der Waals surface area contributed by atoms with Crippen molar-refractivity contribution in [3.8, 4) is 0 Å². The van der Waals surface area contributed by atoms with Gasteiger partial charge in [-0.3, -0.25) is 4.52 Å². The van der Waals surface area contributed by atoms with Gasteiger partial charge in [-0.15, -0.1) is 5.01 Å². The summed E-state index contributed by atoms with van der Waals surface area (Å²) >= 11 is 0. The van der Waals surface area contributed by atoms with Gasteiger partial charge in [0.25, 0.3) is 9.84 Å². The van der Waals surface area contributed by atoms with Gasteiger partial charge < -0.3 is 5.73 Å². The van der Waals surface area contributed by atoms with Crippen LogP contribution in [0.15, 0.2) is 80.0 Å². The molecule has 2 N–H and O–H groups in total. The van der Waals surface area contributed by atoms with Crippen LogP contribution in [0.1, 0.15) is 0 Å². The van der Waals surface area contributed by atoms with Crippen LogP contribution in [0.25, 0.3) is 0 Å². The first-order valence-electron chi connectivity index (χ1n) is 9.10. The SMILES string of the molecule is Nc1on[n+](N2CCN(S(=O)(=O)c3ccccc3)CC2)c1S(=O)(=O)c1ccccc1. The molecule has 10 nitrogen and oxygen atoms in total. The number of benzene rings is 2. The first-order valence-corrected chi connectivity index (χ1v) is 12.0. The smallest absolute Gasteiger partial charge is 0.361 e. The number of rotatable bonds is 5. The average molecular weight is 451 g/mol. The van der Waals surface area contributed by atoms with Crippen molar-refractivity contribution in [3.05, 3.63) is 60.7 Å². The van der Waals surface area contributed by atoms with Crippen LogP contribution in [-0.2, 0) is 19.9 Å². The molecule has 158 valence electrons. The Bertz CT molecular complexity index is 1240. The number of sulfone groups is 1. The lowest BCUT2D eigenvalue weighted by Gasteiger charge is -2.29. The molecule has 2 aromatic carbocycles. The highest BCUT2D eigenvalue weighted by Crippen LogP contribution is 2.23. The molecule has 0 spiro atoms. The topological polar surface area (TPSA) is 131 Å². The molecule has 2 heterocycles. The first kappa shape index (κ1) is 20.3. The Balaban J connectivity index is 1.59. The number of aromatic nitrogens is 2. The van der Waals surface area contributed by atoms with Gasteiger partial charge in [-0.05, 0) is 24.3 Å². The molecule has 1 fully saturated rings. The van der Waals surface area contributed by atoms with E-state index in [1.54, 1.807) is 53.5 Å². The molecular weight excluding hydrogens is 430 g/mol. The Kier molecular flexibility index (Phi) is 5.22. The van der Waals surface area contributed by atoms with E-state index in [0.717, 1.165) is 4.79 Å². The first-order chi connectivity index (χ1) is 14.3. The summed E-state index contributed by atoms with van der Waals surface area (Å²) in [6.07, 6.45) is 0. The van der Waals surface area contributed by atoms with E-state index in [1.807, 2.05) is 0 Å². The zero-order valence-electron chi connectivity index (χ0n) is 15.8. The lowest BCUT2D eigenvalue weighted by atomic mass is 10.4. The standard InChI is InChI=1S/C18H20N5O5S2/c19-17-18(29(24,25)15-7-3-1-4-8-15)23(20-28-17)21-11-13-22(14-12-21)30(26,27)16-9-5-2-6-10-16/h1-10H,11-14,19H2/q+1. The van der Waals surface area contributed by atoms with E-state index in [9.17, 15) is 16.8 Å². The fourth-order valence-corrected chi connectivity index (χ4v) is 6.09.